The smallest absolute Gasteiger partial charge is 0.293 e. The first-order valence-electron chi connectivity index (χ1n) is 11.9. The fraction of sp³-hybridized carbons (Fsp3) is 0.333. The van der Waals surface area contributed by atoms with Gasteiger partial charge in [0.15, 0.2) is 0 Å². The summed E-state index contributed by atoms with van der Waals surface area (Å²) in [5.41, 5.74) is 3.40. The Morgan fingerprint density at radius 1 is 1.08 bits per heavy atom. The van der Waals surface area contributed by atoms with Crippen LogP contribution in [0.5, 0.6) is 5.75 Å². The lowest BCUT2D eigenvalue weighted by molar-refractivity contribution is 0.263. The molecule has 2 heterocycles. The predicted octanol–water partition coefficient (Wildman–Crippen LogP) is 2.49. The summed E-state index contributed by atoms with van der Waals surface area (Å²) in [5.74, 6) is 6.55. The minimum atomic E-state index is -2.35. The van der Waals surface area contributed by atoms with Crippen molar-refractivity contribution in [3.8, 4) is 17.6 Å². The summed E-state index contributed by atoms with van der Waals surface area (Å²) in [6.07, 6.45) is 3.05. The minimum Gasteiger partial charge on any atom is -0.502 e. The number of nitrogens with one attached hydrogen (secondary N) is 3. The molecule has 0 radical (unpaired) electrons. The molecule has 1 saturated heterocycles. The van der Waals surface area contributed by atoms with Crippen LogP contribution in [0, 0.1) is 16.6 Å². The number of aromatic nitrogens is 2. The quantitative estimate of drug-likeness (QED) is 0.312. The Balaban J connectivity index is 1.33. The van der Waals surface area contributed by atoms with Gasteiger partial charge < -0.3 is 20.5 Å². The van der Waals surface area contributed by atoms with E-state index in [0.717, 1.165) is 41.6 Å². The van der Waals surface area contributed by atoms with Crippen LogP contribution < -0.4 is 10.9 Å². The van der Waals surface area contributed by atoms with E-state index in [9.17, 15) is 19.2 Å². The number of nitrogens with zero attached hydrogens (tertiary/aromatic N) is 1. The van der Waals surface area contributed by atoms with Crippen LogP contribution in [-0.4, -0.2) is 48.5 Å². The minimum absolute atomic E-state index is 0.147. The van der Waals surface area contributed by atoms with Crippen molar-refractivity contribution in [3.05, 3.63) is 93.2 Å². The molecule has 1 unspecified atom stereocenters. The summed E-state index contributed by atoms with van der Waals surface area (Å²) < 4.78 is 19.5. The molecule has 1 fully saturated rings. The van der Waals surface area contributed by atoms with E-state index >= 15 is 0 Å². The second kappa shape index (κ2) is 11.5. The second-order valence-electron chi connectivity index (χ2n) is 9.05. The van der Waals surface area contributed by atoms with Crippen LogP contribution in [0.2, 0.25) is 0 Å². The van der Waals surface area contributed by atoms with Gasteiger partial charge in [-0.05, 0) is 48.2 Å². The van der Waals surface area contributed by atoms with Gasteiger partial charge in [-0.15, -0.1) is 0 Å². The van der Waals surface area contributed by atoms with Crippen molar-refractivity contribution < 1.29 is 14.4 Å². The fourth-order valence-corrected chi connectivity index (χ4v) is 5.70. The molecule has 4 rings (SSSR count). The Labute approximate surface area is 210 Å². The highest BCUT2D eigenvalue weighted by atomic mass is 32.2. The van der Waals surface area contributed by atoms with E-state index in [2.05, 4.69) is 27.1 Å². The zero-order chi connectivity index (χ0) is 25.5. The number of aromatic hydroxyl groups is 1. The van der Waals surface area contributed by atoms with Gasteiger partial charge in [0.2, 0.25) is 5.75 Å². The Bertz CT molecular complexity index is 1390. The molecule has 8 nitrogen and oxygen atoms in total. The van der Waals surface area contributed by atoms with Crippen LogP contribution in [0.25, 0.3) is 0 Å². The molecule has 1 atom stereocenters. The number of rotatable bonds is 7. The van der Waals surface area contributed by atoms with E-state index in [1.54, 1.807) is 0 Å². The highest BCUT2D eigenvalue weighted by molar-refractivity contribution is 7.92. The van der Waals surface area contributed by atoms with Gasteiger partial charge in [-0.3, -0.25) is 9.57 Å². The topological polar surface area (TPSA) is 139 Å². The number of hydrogen-bond donors (Lipinski definition) is 5. The molecule has 2 aromatic carbocycles. The number of benzene rings is 2. The monoisotopic (exact) mass is 506 g/mol. The first kappa shape index (κ1) is 25.6. The molecular formula is C27H30N4O4S. The lowest BCUT2D eigenvalue weighted by Crippen LogP contribution is -2.36. The second-order valence-corrected chi connectivity index (χ2v) is 11.5. The van der Waals surface area contributed by atoms with E-state index in [-0.39, 0.29) is 24.6 Å². The van der Waals surface area contributed by atoms with Crippen molar-refractivity contribution >= 4 is 9.73 Å². The van der Waals surface area contributed by atoms with E-state index < -0.39 is 21.0 Å². The highest BCUT2D eigenvalue weighted by Gasteiger charge is 2.20. The standard InChI is InChI=1S/C27H30N4O4S/c28-36(35)13-11-24(12-14-36)29-16-21-5-3-19(4-6-21)1-2-20-7-9-22(10-8-20)23(17-32)15-25-26(33)27(34)31-18-30-25/h3-10,18,23-24,28-29,32-33H,11-17H2,(H,30,31,34). The van der Waals surface area contributed by atoms with Crippen molar-refractivity contribution in [2.24, 2.45) is 0 Å². The molecule has 5 N–H and O–H groups in total. The van der Waals surface area contributed by atoms with Crippen LogP contribution in [-0.2, 0) is 22.7 Å². The van der Waals surface area contributed by atoms with Gasteiger partial charge in [0.1, 0.15) is 0 Å². The molecule has 3 aromatic rings. The van der Waals surface area contributed by atoms with Crippen molar-refractivity contribution in [1.82, 2.24) is 15.3 Å². The average Bonchev–Trinajstić information content (AvgIpc) is 2.89. The van der Waals surface area contributed by atoms with Crippen molar-refractivity contribution in [1.29, 1.82) is 4.78 Å². The third-order valence-electron chi connectivity index (χ3n) is 6.44. The first-order valence-corrected chi connectivity index (χ1v) is 13.8. The van der Waals surface area contributed by atoms with E-state index in [1.807, 2.05) is 48.5 Å². The van der Waals surface area contributed by atoms with Gasteiger partial charge in [0.05, 0.1) is 18.6 Å². The van der Waals surface area contributed by atoms with Gasteiger partial charge in [-0.1, -0.05) is 36.1 Å². The average molecular weight is 507 g/mol. The van der Waals surface area contributed by atoms with Crippen LogP contribution in [0.1, 0.15) is 46.7 Å². The molecule has 1 aromatic heterocycles. The molecule has 0 spiro atoms. The maximum Gasteiger partial charge on any atom is 0.293 e. The Morgan fingerprint density at radius 2 is 1.69 bits per heavy atom. The third kappa shape index (κ3) is 6.82. The Hall–Kier alpha value is -3.45. The number of H-pyrrole nitrogens is 1. The summed E-state index contributed by atoms with van der Waals surface area (Å²) in [7, 11) is -2.35. The molecule has 36 heavy (non-hydrogen) atoms. The molecule has 0 saturated carbocycles. The lowest BCUT2D eigenvalue weighted by Gasteiger charge is -2.24. The summed E-state index contributed by atoms with van der Waals surface area (Å²) >= 11 is 0. The summed E-state index contributed by atoms with van der Waals surface area (Å²) in [6.45, 7) is 0.585. The van der Waals surface area contributed by atoms with Crippen LogP contribution in [0.4, 0.5) is 0 Å². The normalized spacial score (nSPS) is 20.3. The maximum absolute atomic E-state index is 11.8. The van der Waals surface area contributed by atoms with Crippen LogP contribution in [0.15, 0.2) is 59.7 Å². The Kier molecular flexibility index (Phi) is 8.21. The van der Waals surface area contributed by atoms with E-state index in [4.69, 9.17) is 4.78 Å². The molecule has 1 aliphatic heterocycles. The van der Waals surface area contributed by atoms with Crippen molar-refractivity contribution in [3.63, 3.8) is 0 Å². The van der Waals surface area contributed by atoms with Gasteiger partial charge in [0, 0.05) is 57.3 Å². The number of aliphatic hydroxyl groups excluding tert-OH is 1. The van der Waals surface area contributed by atoms with Crippen molar-refractivity contribution in [2.45, 2.75) is 37.8 Å². The highest BCUT2D eigenvalue weighted by Crippen LogP contribution is 2.22. The van der Waals surface area contributed by atoms with E-state index in [0.29, 0.717) is 17.5 Å². The largest absolute Gasteiger partial charge is 0.502 e. The molecule has 188 valence electrons. The molecular weight excluding hydrogens is 476 g/mol. The zero-order valence-electron chi connectivity index (χ0n) is 19.9. The summed E-state index contributed by atoms with van der Waals surface area (Å²) in [4.78, 5) is 17.9. The maximum atomic E-state index is 11.8. The molecule has 0 bridgehead atoms. The lowest BCUT2D eigenvalue weighted by atomic mass is 9.94. The number of aromatic amines is 1. The summed E-state index contributed by atoms with van der Waals surface area (Å²) in [5, 5.41) is 23.2. The SMILES string of the molecule is N=S1(=O)CCC(NCc2ccc(C#Cc3ccc(C(CO)Cc4nc[nH]c(=O)c4O)cc3)cc2)CC1. The Morgan fingerprint density at radius 3 is 2.31 bits per heavy atom. The molecule has 0 aliphatic carbocycles. The number of aliphatic hydroxyl groups is 1. The molecule has 1 aliphatic rings. The number of hydrogen-bond acceptors (Lipinski definition) is 7. The van der Waals surface area contributed by atoms with Gasteiger partial charge in [0.25, 0.3) is 5.56 Å². The third-order valence-corrected chi connectivity index (χ3v) is 8.23. The predicted molar refractivity (Wildman–Crippen MR) is 139 cm³/mol. The van der Waals surface area contributed by atoms with E-state index in [1.165, 1.54) is 6.33 Å². The zero-order valence-corrected chi connectivity index (χ0v) is 20.7. The first-order chi connectivity index (χ1) is 17.3. The fourth-order valence-electron chi connectivity index (χ4n) is 4.17. The molecule has 0 amide bonds. The van der Waals surface area contributed by atoms with Crippen LogP contribution in [0.3, 0.4) is 0 Å². The van der Waals surface area contributed by atoms with Gasteiger partial charge in [-0.25, -0.2) is 9.19 Å². The van der Waals surface area contributed by atoms with Crippen molar-refractivity contribution in [2.75, 3.05) is 18.1 Å². The summed E-state index contributed by atoms with van der Waals surface area (Å²) in [6, 6.07) is 15.9. The molecule has 9 heteroatoms. The van der Waals surface area contributed by atoms with Gasteiger partial charge in [-0.2, -0.15) is 0 Å². The van der Waals surface area contributed by atoms with Gasteiger partial charge >= 0.3 is 0 Å². The van der Waals surface area contributed by atoms with Crippen LogP contribution >= 0.6 is 0 Å².